The third-order valence-corrected chi connectivity index (χ3v) is 4.14. The predicted octanol–water partition coefficient (Wildman–Crippen LogP) is 2.74. The Balaban J connectivity index is 2.22. The van der Waals surface area contributed by atoms with Crippen LogP contribution in [0.3, 0.4) is 0 Å². The summed E-state index contributed by atoms with van der Waals surface area (Å²) >= 11 is 3.56. The number of methoxy groups -OCH3 is 2. The summed E-state index contributed by atoms with van der Waals surface area (Å²) in [5.74, 6) is 0. The first-order valence-corrected chi connectivity index (χ1v) is 7.27. The Kier molecular flexibility index (Phi) is 4.65. The number of ether oxygens (including phenoxy) is 2. The Morgan fingerprint density at radius 1 is 1.22 bits per heavy atom. The van der Waals surface area contributed by atoms with Crippen LogP contribution in [0.25, 0.3) is 0 Å². The van der Waals surface area contributed by atoms with Gasteiger partial charge in [0.1, 0.15) is 12.2 Å². The molecule has 2 rings (SSSR count). The minimum atomic E-state index is 0.152. The van der Waals surface area contributed by atoms with Gasteiger partial charge in [-0.15, -0.1) is 0 Å². The Morgan fingerprint density at radius 3 is 2.33 bits per heavy atom. The van der Waals surface area contributed by atoms with Crippen LogP contribution in [0.15, 0.2) is 18.2 Å². The number of hydrogen-bond acceptors (Lipinski definition) is 3. The molecule has 0 amide bonds. The second kappa shape index (κ2) is 6.04. The molecule has 1 aliphatic rings. The van der Waals surface area contributed by atoms with Gasteiger partial charge in [-0.05, 0) is 18.6 Å². The number of rotatable bonds is 4. The van der Waals surface area contributed by atoms with Crippen molar-refractivity contribution in [2.24, 2.45) is 0 Å². The van der Waals surface area contributed by atoms with E-state index in [9.17, 15) is 0 Å². The first-order chi connectivity index (χ1) is 8.69. The van der Waals surface area contributed by atoms with Crippen LogP contribution in [-0.2, 0) is 14.8 Å². The number of benzene rings is 1. The van der Waals surface area contributed by atoms with Crippen LogP contribution >= 0.6 is 15.9 Å². The molecule has 3 nitrogen and oxygen atoms in total. The first-order valence-electron chi connectivity index (χ1n) is 6.15. The number of hydrogen-bond donors (Lipinski definition) is 0. The van der Waals surface area contributed by atoms with Gasteiger partial charge in [0.2, 0.25) is 0 Å². The van der Waals surface area contributed by atoms with Gasteiger partial charge in [-0.25, -0.2) is 0 Å². The van der Waals surface area contributed by atoms with Gasteiger partial charge >= 0.3 is 0 Å². The lowest BCUT2D eigenvalue weighted by Crippen LogP contribution is -2.27. The molecule has 1 fully saturated rings. The second-order valence-electron chi connectivity index (χ2n) is 4.72. The molecule has 2 unspecified atom stereocenters. The molecule has 0 aliphatic carbocycles. The third-order valence-electron chi connectivity index (χ3n) is 3.54. The number of nitrogens with zero attached hydrogens (tertiary/aromatic N) is 1. The van der Waals surface area contributed by atoms with Crippen LogP contribution in [0.5, 0.6) is 0 Å². The fourth-order valence-electron chi connectivity index (χ4n) is 2.52. The summed E-state index contributed by atoms with van der Waals surface area (Å²) in [6, 6.07) is 6.58. The van der Waals surface area contributed by atoms with Crippen molar-refractivity contribution in [1.82, 2.24) is 0 Å². The van der Waals surface area contributed by atoms with Gasteiger partial charge in [0.25, 0.3) is 0 Å². The van der Waals surface area contributed by atoms with Crippen molar-refractivity contribution in [3.63, 3.8) is 0 Å². The largest absolute Gasteiger partial charge is 0.377 e. The monoisotopic (exact) mass is 313 g/mol. The standard InChI is InChI=1S/C14H20BrNO2/c1-10-4-5-12(11(6-10)7-15)16-8-13(17-2)14(9-16)18-3/h4-6,13-14H,7-9H2,1-3H3. The molecular weight excluding hydrogens is 294 g/mol. The van der Waals surface area contributed by atoms with Crippen LogP contribution in [-0.4, -0.2) is 39.5 Å². The first kappa shape index (κ1) is 13.8. The van der Waals surface area contributed by atoms with Crippen molar-refractivity contribution in [2.45, 2.75) is 24.5 Å². The van der Waals surface area contributed by atoms with E-state index in [0.29, 0.717) is 0 Å². The normalized spacial score (nSPS) is 23.7. The molecule has 0 bridgehead atoms. The van der Waals surface area contributed by atoms with Crippen molar-refractivity contribution in [2.75, 3.05) is 32.2 Å². The van der Waals surface area contributed by atoms with E-state index in [1.165, 1.54) is 16.8 Å². The summed E-state index contributed by atoms with van der Waals surface area (Å²) in [6.45, 7) is 3.89. The number of aryl methyl sites for hydroxylation is 1. The van der Waals surface area contributed by atoms with E-state index in [1.807, 2.05) is 0 Å². The smallest absolute Gasteiger partial charge is 0.102 e. The van der Waals surface area contributed by atoms with E-state index >= 15 is 0 Å². The van der Waals surface area contributed by atoms with E-state index in [1.54, 1.807) is 14.2 Å². The molecule has 4 heteroatoms. The lowest BCUT2D eigenvalue weighted by atomic mass is 10.1. The zero-order chi connectivity index (χ0) is 13.1. The van der Waals surface area contributed by atoms with Crippen LogP contribution < -0.4 is 4.90 Å². The van der Waals surface area contributed by atoms with Crippen LogP contribution in [0, 0.1) is 6.92 Å². The lowest BCUT2D eigenvalue weighted by Gasteiger charge is -2.21. The predicted molar refractivity (Wildman–Crippen MR) is 77.6 cm³/mol. The zero-order valence-corrected chi connectivity index (χ0v) is 12.7. The van der Waals surface area contributed by atoms with Crippen LogP contribution in [0.1, 0.15) is 11.1 Å². The molecule has 18 heavy (non-hydrogen) atoms. The minimum Gasteiger partial charge on any atom is -0.377 e. The Morgan fingerprint density at radius 2 is 1.83 bits per heavy atom. The van der Waals surface area contributed by atoms with Gasteiger partial charge in [-0.3, -0.25) is 0 Å². The highest BCUT2D eigenvalue weighted by molar-refractivity contribution is 9.08. The summed E-state index contributed by atoms with van der Waals surface area (Å²) in [5.41, 5.74) is 3.89. The van der Waals surface area contributed by atoms with Crippen molar-refractivity contribution < 1.29 is 9.47 Å². The van der Waals surface area contributed by atoms with Gasteiger partial charge < -0.3 is 14.4 Å². The molecule has 1 heterocycles. The zero-order valence-electron chi connectivity index (χ0n) is 11.1. The SMILES string of the molecule is COC1CN(c2ccc(C)cc2CBr)CC1OC. The van der Waals surface area contributed by atoms with E-state index in [0.717, 1.165) is 18.4 Å². The van der Waals surface area contributed by atoms with Crippen LogP contribution in [0.4, 0.5) is 5.69 Å². The van der Waals surface area contributed by atoms with Crippen molar-refractivity contribution >= 4 is 21.6 Å². The summed E-state index contributed by atoms with van der Waals surface area (Å²) in [6.07, 6.45) is 0.305. The maximum Gasteiger partial charge on any atom is 0.102 e. The Labute approximate surface area is 117 Å². The summed E-state index contributed by atoms with van der Waals surface area (Å²) in [7, 11) is 3.50. The van der Waals surface area contributed by atoms with E-state index < -0.39 is 0 Å². The highest BCUT2D eigenvalue weighted by atomic mass is 79.9. The van der Waals surface area contributed by atoms with Gasteiger partial charge in [-0.1, -0.05) is 33.6 Å². The van der Waals surface area contributed by atoms with Crippen LogP contribution in [0.2, 0.25) is 0 Å². The van der Waals surface area contributed by atoms with E-state index in [4.69, 9.17) is 9.47 Å². The van der Waals surface area contributed by atoms with Crippen molar-refractivity contribution in [1.29, 1.82) is 0 Å². The van der Waals surface area contributed by atoms with Gasteiger partial charge in [0, 0.05) is 38.3 Å². The molecule has 1 aromatic rings. The third kappa shape index (κ3) is 2.71. The molecule has 0 spiro atoms. The molecule has 100 valence electrons. The van der Waals surface area contributed by atoms with Gasteiger partial charge in [-0.2, -0.15) is 0 Å². The highest BCUT2D eigenvalue weighted by Crippen LogP contribution is 2.29. The summed E-state index contributed by atoms with van der Waals surface area (Å²) in [4.78, 5) is 2.35. The highest BCUT2D eigenvalue weighted by Gasteiger charge is 2.33. The molecule has 0 saturated carbocycles. The molecule has 0 aromatic heterocycles. The minimum absolute atomic E-state index is 0.152. The molecule has 1 aliphatic heterocycles. The molecule has 0 radical (unpaired) electrons. The maximum absolute atomic E-state index is 5.49. The number of halogens is 1. The molecule has 2 atom stereocenters. The Bertz CT molecular complexity index is 399. The average molecular weight is 314 g/mol. The number of anilines is 1. The fourth-order valence-corrected chi connectivity index (χ4v) is 2.97. The van der Waals surface area contributed by atoms with Crippen molar-refractivity contribution in [3.05, 3.63) is 29.3 Å². The molecule has 0 N–H and O–H groups in total. The van der Waals surface area contributed by atoms with E-state index in [2.05, 4.69) is 46.0 Å². The second-order valence-corrected chi connectivity index (χ2v) is 5.28. The van der Waals surface area contributed by atoms with Crippen molar-refractivity contribution in [3.8, 4) is 0 Å². The quantitative estimate of drug-likeness (QED) is 0.798. The average Bonchev–Trinajstić information content (AvgIpc) is 2.81. The summed E-state index contributed by atoms with van der Waals surface area (Å²) < 4.78 is 11.0. The molecular formula is C14H20BrNO2. The maximum atomic E-state index is 5.49. The fraction of sp³-hybridized carbons (Fsp3) is 0.571. The summed E-state index contributed by atoms with van der Waals surface area (Å²) in [5, 5.41) is 0.871. The van der Waals surface area contributed by atoms with E-state index in [-0.39, 0.29) is 12.2 Å². The lowest BCUT2D eigenvalue weighted by molar-refractivity contribution is -0.00461. The molecule has 1 aromatic carbocycles. The van der Waals surface area contributed by atoms with Gasteiger partial charge in [0.15, 0.2) is 0 Å². The molecule has 1 saturated heterocycles. The number of alkyl halides is 1. The topological polar surface area (TPSA) is 21.7 Å². The Hall–Kier alpha value is -0.580. The van der Waals surface area contributed by atoms with Gasteiger partial charge in [0.05, 0.1) is 0 Å².